The maximum atomic E-state index is 10.6. The van der Waals surface area contributed by atoms with E-state index in [4.69, 9.17) is 33.2 Å². The van der Waals surface area contributed by atoms with E-state index < -0.39 is 6.10 Å². The first-order valence-electron chi connectivity index (χ1n) is 9.87. The Kier molecular flexibility index (Phi) is 4.73. The highest BCUT2D eigenvalue weighted by atomic mass is 35.5. The van der Waals surface area contributed by atoms with Crippen LogP contribution in [0.25, 0.3) is 11.3 Å². The number of fused-ring (bicyclic) bond motifs is 1. The number of hydrogen-bond acceptors (Lipinski definition) is 4. The van der Waals surface area contributed by atoms with Crippen molar-refractivity contribution >= 4 is 29.0 Å². The highest BCUT2D eigenvalue weighted by molar-refractivity contribution is 6.36. The summed E-state index contributed by atoms with van der Waals surface area (Å²) < 4.78 is 0. The Labute approximate surface area is 179 Å². The fraction of sp³-hybridized carbons (Fsp3) is 0.304. The second-order valence-corrected chi connectivity index (χ2v) is 8.73. The van der Waals surface area contributed by atoms with Crippen molar-refractivity contribution in [3.63, 3.8) is 0 Å². The van der Waals surface area contributed by atoms with Gasteiger partial charge in [0, 0.05) is 22.9 Å². The molecule has 1 fully saturated rings. The van der Waals surface area contributed by atoms with Crippen molar-refractivity contribution in [2.45, 2.75) is 44.2 Å². The van der Waals surface area contributed by atoms with Crippen LogP contribution in [0.15, 0.2) is 42.5 Å². The highest BCUT2D eigenvalue weighted by Gasteiger charge is 2.35. The van der Waals surface area contributed by atoms with Gasteiger partial charge in [-0.2, -0.15) is 0 Å². The van der Waals surface area contributed by atoms with Gasteiger partial charge < -0.3 is 10.4 Å². The SMILES string of the molecule is Cc1nc(NC2c3ccccc3C[C@@H]2O)c(C2CC2)nc1-c1ccc(Cl)cc1Cl. The number of hydrogen-bond donors (Lipinski definition) is 2. The molecule has 1 unspecified atom stereocenters. The van der Waals surface area contributed by atoms with Crippen LogP contribution in [0.5, 0.6) is 0 Å². The van der Waals surface area contributed by atoms with Crippen LogP contribution in [0, 0.1) is 6.92 Å². The Morgan fingerprint density at radius 3 is 2.62 bits per heavy atom. The molecule has 2 aliphatic carbocycles. The third kappa shape index (κ3) is 3.50. The van der Waals surface area contributed by atoms with Crippen LogP contribution in [0.2, 0.25) is 10.0 Å². The van der Waals surface area contributed by atoms with Crippen LogP contribution in [0.4, 0.5) is 5.82 Å². The molecule has 2 atom stereocenters. The lowest BCUT2D eigenvalue weighted by atomic mass is 10.1. The monoisotopic (exact) mass is 425 g/mol. The molecule has 0 aliphatic heterocycles. The molecule has 1 aromatic heterocycles. The molecule has 1 heterocycles. The summed E-state index contributed by atoms with van der Waals surface area (Å²) in [5, 5.41) is 15.3. The summed E-state index contributed by atoms with van der Waals surface area (Å²) in [7, 11) is 0. The number of halogens is 2. The molecule has 2 N–H and O–H groups in total. The number of aliphatic hydroxyl groups excluding tert-OH is 1. The minimum atomic E-state index is -0.480. The molecule has 0 bridgehead atoms. The maximum Gasteiger partial charge on any atom is 0.148 e. The molecule has 148 valence electrons. The molecular weight excluding hydrogens is 405 g/mol. The van der Waals surface area contributed by atoms with Crippen molar-refractivity contribution in [2.75, 3.05) is 5.32 Å². The lowest BCUT2D eigenvalue weighted by Gasteiger charge is -2.21. The summed E-state index contributed by atoms with van der Waals surface area (Å²) in [4.78, 5) is 9.85. The largest absolute Gasteiger partial charge is 0.390 e. The zero-order valence-corrected chi connectivity index (χ0v) is 17.5. The number of aromatic nitrogens is 2. The van der Waals surface area contributed by atoms with Crippen molar-refractivity contribution in [3.05, 3.63) is 75.0 Å². The first-order valence-corrected chi connectivity index (χ1v) is 10.6. The third-order valence-electron chi connectivity index (χ3n) is 5.74. The number of nitrogens with one attached hydrogen (secondary N) is 1. The zero-order valence-electron chi connectivity index (χ0n) is 16.0. The third-order valence-corrected chi connectivity index (χ3v) is 6.29. The van der Waals surface area contributed by atoms with Gasteiger partial charge in [-0.25, -0.2) is 9.97 Å². The Morgan fingerprint density at radius 2 is 1.86 bits per heavy atom. The van der Waals surface area contributed by atoms with Gasteiger partial charge in [0.05, 0.1) is 34.3 Å². The van der Waals surface area contributed by atoms with Gasteiger partial charge in [0.15, 0.2) is 0 Å². The normalized spacial score (nSPS) is 20.6. The van der Waals surface area contributed by atoms with E-state index in [-0.39, 0.29) is 6.04 Å². The number of nitrogens with zero attached hydrogens (tertiary/aromatic N) is 2. The Bertz CT molecular complexity index is 1100. The summed E-state index contributed by atoms with van der Waals surface area (Å²) in [6.07, 6.45) is 2.37. The number of benzene rings is 2. The van der Waals surface area contributed by atoms with Gasteiger partial charge in [-0.1, -0.05) is 47.5 Å². The molecule has 0 saturated heterocycles. The molecule has 29 heavy (non-hydrogen) atoms. The summed E-state index contributed by atoms with van der Waals surface area (Å²) in [6, 6.07) is 13.4. The van der Waals surface area contributed by atoms with Crippen molar-refractivity contribution in [1.82, 2.24) is 9.97 Å². The maximum absolute atomic E-state index is 10.6. The highest BCUT2D eigenvalue weighted by Crippen LogP contribution is 2.45. The molecule has 1 saturated carbocycles. The fourth-order valence-corrected chi connectivity index (χ4v) is 4.61. The van der Waals surface area contributed by atoms with E-state index in [0.29, 0.717) is 22.4 Å². The zero-order chi connectivity index (χ0) is 20.1. The van der Waals surface area contributed by atoms with Crippen molar-refractivity contribution < 1.29 is 5.11 Å². The van der Waals surface area contributed by atoms with Crippen LogP contribution < -0.4 is 5.32 Å². The van der Waals surface area contributed by atoms with Crippen LogP contribution in [0.1, 0.15) is 47.3 Å². The average molecular weight is 426 g/mol. The fourth-order valence-electron chi connectivity index (χ4n) is 4.11. The van der Waals surface area contributed by atoms with Crippen LogP contribution in [-0.4, -0.2) is 21.2 Å². The number of anilines is 1. The van der Waals surface area contributed by atoms with E-state index in [1.165, 1.54) is 5.56 Å². The summed E-state index contributed by atoms with van der Waals surface area (Å²) in [6.45, 7) is 1.94. The van der Waals surface area contributed by atoms with Gasteiger partial charge in [0.2, 0.25) is 0 Å². The molecule has 0 spiro atoms. The minimum absolute atomic E-state index is 0.178. The molecule has 5 rings (SSSR count). The molecular formula is C23H21Cl2N3O. The summed E-state index contributed by atoms with van der Waals surface area (Å²) in [5.74, 6) is 1.16. The second-order valence-electron chi connectivity index (χ2n) is 7.88. The molecule has 2 aliphatic rings. The molecule has 0 amide bonds. The van der Waals surface area contributed by atoms with Crippen molar-refractivity contribution in [2.24, 2.45) is 0 Å². The standard InChI is InChI=1S/C23H21Cl2N3O/c1-12-20(17-9-8-15(24)11-18(17)25)27-21(13-6-7-13)23(26-12)28-22-16-5-3-2-4-14(16)10-19(22)29/h2-5,8-9,11,13,19,22,29H,6-7,10H2,1H3,(H,26,28)/t19-,22?/m0/s1. The van der Waals surface area contributed by atoms with Crippen molar-refractivity contribution in [1.29, 1.82) is 0 Å². The number of aryl methyl sites for hydroxylation is 1. The van der Waals surface area contributed by atoms with Gasteiger partial charge in [0.25, 0.3) is 0 Å². The summed E-state index contributed by atoms with van der Waals surface area (Å²) in [5.41, 5.74) is 5.67. The summed E-state index contributed by atoms with van der Waals surface area (Å²) >= 11 is 12.5. The smallest absolute Gasteiger partial charge is 0.148 e. The second kappa shape index (κ2) is 7.28. The first-order chi connectivity index (χ1) is 14.0. The van der Waals surface area contributed by atoms with E-state index in [1.54, 1.807) is 6.07 Å². The van der Waals surface area contributed by atoms with E-state index in [9.17, 15) is 5.11 Å². The number of aliphatic hydroxyl groups is 1. The van der Waals surface area contributed by atoms with Crippen LogP contribution in [0.3, 0.4) is 0 Å². The topological polar surface area (TPSA) is 58.0 Å². The Balaban J connectivity index is 1.55. The minimum Gasteiger partial charge on any atom is -0.390 e. The van der Waals surface area contributed by atoms with Gasteiger partial charge in [-0.15, -0.1) is 0 Å². The molecule has 3 aromatic rings. The van der Waals surface area contributed by atoms with Crippen molar-refractivity contribution in [3.8, 4) is 11.3 Å². The average Bonchev–Trinajstić information content (AvgIpc) is 3.48. The molecule has 2 aromatic carbocycles. The lowest BCUT2D eigenvalue weighted by molar-refractivity contribution is 0.165. The van der Waals surface area contributed by atoms with E-state index in [1.807, 2.05) is 31.2 Å². The molecule has 6 heteroatoms. The van der Waals surface area contributed by atoms with E-state index in [0.717, 1.165) is 46.9 Å². The Morgan fingerprint density at radius 1 is 1.07 bits per heavy atom. The van der Waals surface area contributed by atoms with Gasteiger partial charge >= 0.3 is 0 Å². The Hall–Kier alpha value is -2.14. The predicted octanol–water partition coefficient (Wildman–Crippen LogP) is 5.71. The first kappa shape index (κ1) is 18.9. The molecule has 0 radical (unpaired) electrons. The molecule has 4 nitrogen and oxygen atoms in total. The van der Waals surface area contributed by atoms with Gasteiger partial charge in [-0.05, 0) is 49.1 Å². The van der Waals surface area contributed by atoms with E-state index in [2.05, 4.69) is 17.4 Å². The van der Waals surface area contributed by atoms with Crippen LogP contribution in [-0.2, 0) is 6.42 Å². The van der Waals surface area contributed by atoms with Crippen LogP contribution >= 0.6 is 23.2 Å². The lowest BCUT2D eigenvalue weighted by Crippen LogP contribution is -2.23. The number of rotatable bonds is 4. The van der Waals surface area contributed by atoms with E-state index >= 15 is 0 Å². The quantitative estimate of drug-likeness (QED) is 0.562. The van der Waals surface area contributed by atoms with Gasteiger partial charge in [-0.3, -0.25) is 0 Å². The van der Waals surface area contributed by atoms with Gasteiger partial charge in [0.1, 0.15) is 5.82 Å². The predicted molar refractivity (Wildman–Crippen MR) is 117 cm³/mol.